The Kier molecular flexibility index (Phi) is 6.90. The molecule has 2 aliphatic heterocycles. The monoisotopic (exact) mass is 566 g/mol. The van der Waals surface area contributed by atoms with E-state index in [-0.39, 0.29) is 54.0 Å². The molecule has 3 aliphatic rings. The summed E-state index contributed by atoms with van der Waals surface area (Å²) in [4.78, 5) is 55.9. The molecule has 0 radical (unpaired) electrons. The maximum Gasteiger partial charge on any atom is 0.305 e. The lowest BCUT2D eigenvalue weighted by atomic mass is 9.84. The van der Waals surface area contributed by atoms with E-state index in [2.05, 4.69) is 36.8 Å². The number of aryl methyl sites for hydroxylation is 3. The van der Waals surface area contributed by atoms with Crippen molar-refractivity contribution in [3.63, 3.8) is 0 Å². The van der Waals surface area contributed by atoms with Gasteiger partial charge in [0.1, 0.15) is 5.78 Å². The van der Waals surface area contributed by atoms with Crippen LogP contribution in [0.3, 0.4) is 0 Å². The van der Waals surface area contributed by atoms with Gasteiger partial charge in [0, 0.05) is 69.7 Å². The zero-order valence-electron chi connectivity index (χ0n) is 25.4. The Bertz CT molecular complexity index is 1830. The lowest BCUT2D eigenvalue weighted by Crippen LogP contribution is -2.11. The first-order valence-electron chi connectivity index (χ1n) is 14.9. The molecule has 4 atom stereocenters. The number of aromatic amines is 2. The molecule has 0 amide bonds. The SMILES string of the molecule is CCc1c(C)c2cc3nc(cc4nc(c5c6[nH]c(cc1[nH]2)c(C)c6C(=O)C5)[C@@H](CCC(=O)OC)[C@@H]4C)[C@@H](C)[C@@H]3C(C)=O. The number of H-pyrrole nitrogens is 2. The minimum absolute atomic E-state index is 0.00677. The molecule has 3 aromatic heterocycles. The number of hydrogen-bond acceptors (Lipinski definition) is 6. The number of rotatable bonds is 5. The molecule has 1 aliphatic carbocycles. The summed E-state index contributed by atoms with van der Waals surface area (Å²) < 4.78 is 4.95. The molecule has 0 saturated carbocycles. The largest absolute Gasteiger partial charge is 0.469 e. The van der Waals surface area contributed by atoms with Crippen molar-refractivity contribution >= 4 is 39.6 Å². The van der Waals surface area contributed by atoms with Gasteiger partial charge in [0.15, 0.2) is 5.78 Å². The first-order chi connectivity index (χ1) is 20.0. The number of carbonyl (C=O) groups excluding carboxylic acids is 3. The summed E-state index contributed by atoms with van der Waals surface area (Å²) in [6, 6.07) is 6.14. The number of hydrogen-bond donors (Lipinski definition) is 2. The number of nitrogens with one attached hydrogen (secondary N) is 2. The molecule has 0 fully saturated rings. The highest BCUT2D eigenvalue weighted by atomic mass is 16.5. The Morgan fingerprint density at radius 2 is 1.67 bits per heavy atom. The van der Waals surface area contributed by atoms with Gasteiger partial charge in [-0.2, -0.15) is 0 Å². The number of aromatic nitrogens is 4. The van der Waals surface area contributed by atoms with Gasteiger partial charge in [-0.25, -0.2) is 0 Å². The van der Waals surface area contributed by atoms with Crippen LogP contribution in [0.1, 0.15) is 120 Å². The number of ether oxygens (including phenoxy) is 1. The Hall–Kier alpha value is -4.07. The zero-order valence-corrected chi connectivity index (χ0v) is 25.4. The molecule has 0 spiro atoms. The van der Waals surface area contributed by atoms with Gasteiger partial charge in [0.25, 0.3) is 0 Å². The zero-order chi connectivity index (χ0) is 30.0. The summed E-state index contributed by atoms with van der Waals surface area (Å²) in [6.07, 6.45) is 1.93. The van der Waals surface area contributed by atoms with Crippen LogP contribution in [0.5, 0.6) is 0 Å². The maximum atomic E-state index is 13.4. The molecule has 0 unspecified atom stereocenters. The molecule has 0 aromatic carbocycles. The second-order valence-corrected chi connectivity index (χ2v) is 12.1. The second-order valence-electron chi connectivity index (χ2n) is 12.1. The molecule has 6 rings (SSSR count). The minimum atomic E-state index is -0.347. The van der Waals surface area contributed by atoms with Crippen LogP contribution < -0.4 is 0 Å². The third kappa shape index (κ3) is 4.30. The molecule has 8 heteroatoms. The van der Waals surface area contributed by atoms with Crippen LogP contribution in [0.15, 0.2) is 18.2 Å². The van der Waals surface area contributed by atoms with Gasteiger partial charge < -0.3 is 14.7 Å². The fourth-order valence-electron chi connectivity index (χ4n) is 7.31. The quantitative estimate of drug-likeness (QED) is 0.338. The number of ketones is 2. The molecule has 218 valence electrons. The smallest absolute Gasteiger partial charge is 0.305 e. The number of nitrogens with zero attached hydrogens (tertiary/aromatic N) is 2. The highest BCUT2D eigenvalue weighted by molar-refractivity contribution is 6.13. The van der Waals surface area contributed by atoms with E-state index in [9.17, 15) is 14.4 Å². The average Bonchev–Trinajstić information content (AvgIpc) is 3.70. The molecule has 42 heavy (non-hydrogen) atoms. The number of fused-ring (bicyclic) bond motifs is 8. The van der Waals surface area contributed by atoms with E-state index in [1.807, 2.05) is 26.0 Å². The van der Waals surface area contributed by atoms with Gasteiger partial charge in [-0.3, -0.25) is 24.4 Å². The van der Waals surface area contributed by atoms with Gasteiger partial charge in [0.05, 0.1) is 29.9 Å². The molecule has 8 bridgehead atoms. The topological polar surface area (TPSA) is 118 Å². The van der Waals surface area contributed by atoms with Crippen molar-refractivity contribution in [2.45, 2.75) is 90.9 Å². The first-order valence-corrected chi connectivity index (χ1v) is 14.9. The lowest BCUT2D eigenvalue weighted by molar-refractivity contribution is -0.140. The summed E-state index contributed by atoms with van der Waals surface area (Å²) in [6.45, 7) is 12.0. The van der Waals surface area contributed by atoms with Gasteiger partial charge in [-0.05, 0) is 68.5 Å². The van der Waals surface area contributed by atoms with E-state index in [1.165, 1.54) is 12.7 Å². The fraction of sp³-hybridized carbons (Fsp3) is 0.441. The van der Waals surface area contributed by atoms with Gasteiger partial charge in [-0.15, -0.1) is 0 Å². The van der Waals surface area contributed by atoms with Crippen LogP contribution in [0.25, 0.3) is 22.1 Å². The molecule has 5 heterocycles. The van der Waals surface area contributed by atoms with E-state index >= 15 is 0 Å². The van der Waals surface area contributed by atoms with Crippen molar-refractivity contribution in [3.8, 4) is 0 Å². The highest BCUT2D eigenvalue weighted by Gasteiger charge is 2.37. The number of esters is 1. The van der Waals surface area contributed by atoms with Crippen LogP contribution >= 0.6 is 0 Å². The number of carbonyl (C=O) groups is 3. The maximum absolute atomic E-state index is 13.4. The lowest BCUT2D eigenvalue weighted by Gasteiger charge is -2.17. The normalized spacial score (nSPS) is 21.2. The van der Waals surface area contributed by atoms with E-state index in [1.54, 1.807) is 6.92 Å². The van der Waals surface area contributed by atoms with E-state index < -0.39 is 0 Å². The minimum Gasteiger partial charge on any atom is -0.469 e. The van der Waals surface area contributed by atoms with E-state index in [0.29, 0.717) is 6.42 Å². The highest BCUT2D eigenvalue weighted by Crippen LogP contribution is 2.45. The third-order valence-electron chi connectivity index (χ3n) is 9.74. The molecular weight excluding hydrogens is 528 g/mol. The number of Topliss-reactive ketones (excluding diaryl/α,β-unsaturated/α-hetero) is 2. The van der Waals surface area contributed by atoms with Gasteiger partial charge in [0.2, 0.25) is 0 Å². The fourth-order valence-corrected chi connectivity index (χ4v) is 7.31. The second kappa shape index (κ2) is 10.3. The van der Waals surface area contributed by atoms with Crippen molar-refractivity contribution in [1.82, 2.24) is 19.9 Å². The Morgan fingerprint density at radius 1 is 0.952 bits per heavy atom. The first kappa shape index (κ1) is 28.1. The van der Waals surface area contributed by atoms with Gasteiger partial charge >= 0.3 is 5.97 Å². The summed E-state index contributed by atoms with van der Waals surface area (Å²) in [5.41, 5.74) is 11.8. The predicted octanol–water partition coefficient (Wildman–Crippen LogP) is 6.55. The number of methoxy groups -OCH3 is 1. The molecule has 2 N–H and O–H groups in total. The summed E-state index contributed by atoms with van der Waals surface area (Å²) in [5, 5.41) is 0. The molecular formula is C34H38N4O4. The third-order valence-corrected chi connectivity index (χ3v) is 9.74. The van der Waals surface area contributed by atoms with E-state index in [4.69, 9.17) is 14.7 Å². The summed E-state index contributed by atoms with van der Waals surface area (Å²) in [7, 11) is 1.40. The van der Waals surface area contributed by atoms with Crippen LogP contribution in [-0.4, -0.2) is 44.6 Å². The molecule has 0 saturated heterocycles. The average molecular weight is 567 g/mol. The van der Waals surface area contributed by atoms with E-state index in [0.717, 1.165) is 73.5 Å². The molecule has 3 aromatic rings. The molecule has 8 nitrogen and oxygen atoms in total. The van der Waals surface area contributed by atoms with Crippen molar-refractivity contribution < 1.29 is 19.1 Å². The predicted molar refractivity (Wildman–Crippen MR) is 162 cm³/mol. The Balaban J connectivity index is 1.73. The summed E-state index contributed by atoms with van der Waals surface area (Å²) in [5.74, 6) is -0.627. The standard InChI is InChI=1S/C34H38N4O4/c1-8-20-15(2)23-14-28-31(19(6)39)17(4)25(36-28)12-24-16(3)21(9-10-30(41)42-7)33(37-24)22-11-29(40)32-18(5)26(38-34(22)32)13-27(20)35-23/h12-14,16-17,21,31,35,38H,8-11H2,1-7H3/t16-,17+,21-,31+/m0/s1. The Labute approximate surface area is 245 Å². The van der Waals surface area contributed by atoms with Crippen molar-refractivity contribution in [2.24, 2.45) is 0 Å². The van der Waals surface area contributed by atoms with Crippen LogP contribution in [0, 0.1) is 13.8 Å². The van der Waals surface area contributed by atoms with Crippen LogP contribution in [0.2, 0.25) is 0 Å². The summed E-state index contributed by atoms with van der Waals surface area (Å²) >= 11 is 0. The van der Waals surface area contributed by atoms with Crippen molar-refractivity contribution in [3.05, 3.63) is 68.8 Å². The van der Waals surface area contributed by atoms with Crippen LogP contribution in [0.4, 0.5) is 0 Å². The Morgan fingerprint density at radius 3 is 2.36 bits per heavy atom. The van der Waals surface area contributed by atoms with Gasteiger partial charge in [-0.1, -0.05) is 20.8 Å². The van der Waals surface area contributed by atoms with Crippen molar-refractivity contribution in [2.75, 3.05) is 7.11 Å². The van der Waals surface area contributed by atoms with Crippen LogP contribution in [-0.2, 0) is 27.2 Å². The van der Waals surface area contributed by atoms with Crippen molar-refractivity contribution in [1.29, 1.82) is 0 Å².